The van der Waals surface area contributed by atoms with Crippen LogP contribution in [0.2, 0.25) is 5.02 Å². The lowest BCUT2D eigenvalue weighted by Crippen LogP contribution is -2.54. The SMILES string of the molecule is C=CC(=O)N1CCN(c2nc(=O)n3c4nc(c(Cl)cc24)-c2ccc(F)cc2NC(C)c2ncnc(C(C)C)c2-3)[C@@H](C)C1. The van der Waals surface area contributed by atoms with E-state index in [0.29, 0.717) is 75.5 Å². The molecular formula is C30H30ClFN8O2. The van der Waals surface area contributed by atoms with E-state index in [9.17, 15) is 14.0 Å². The zero-order valence-electron chi connectivity index (χ0n) is 23.7. The second kappa shape index (κ2) is 10.5. The van der Waals surface area contributed by atoms with Gasteiger partial charge in [-0.05, 0) is 50.1 Å². The van der Waals surface area contributed by atoms with Gasteiger partial charge in [0.1, 0.15) is 18.0 Å². The monoisotopic (exact) mass is 588 g/mol. The molecule has 1 aromatic carbocycles. The summed E-state index contributed by atoms with van der Waals surface area (Å²) in [6.07, 6.45) is 2.78. The van der Waals surface area contributed by atoms with E-state index in [1.165, 1.54) is 29.1 Å². The maximum atomic E-state index is 14.5. The summed E-state index contributed by atoms with van der Waals surface area (Å²) in [5, 5.41) is 4.24. The third-order valence-corrected chi connectivity index (χ3v) is 8.14. The number of fused-ring (bicyclic) bond motifs is 5. The minimum Gasteiger partial charge on any atom is -0.376 e. The van der Waals surface area contributed by atoms with Gasteiger partial charge in [-0.25, -0.2) is 28.7 Å². The predicted molar refractivity (Wildman–Crippen MR) is 161 cm³/mol. The van der Waals surface area contributed by atoms with Crippen molar-refractivity contribution in [2.75, 3.05) is 29.9 Å². The molecule has 0 spiro atoms. The van der Waals surface area contributed by atoms with Crippen molar-refractivity contribution in [3.05, 3.63) is 76.0 Å². The molecular weight excluding hydrogens is 559 g/mol. The molecule has 5 heterocycles. The van der Waals surface area contributed by atoms with Crippen LogP contribution in [0.3, 0.4) is 0 Å². The van der Waals surface area contributed by atoms with Crippen LogP contribution in [0.25, 0.3) is 28.0 Å². The second-order valence-corrected chi connectivity index (χ2v) is 11.4. The maximum absolute atomic E-state index is 14.5. The molecule has 1 amide bonds. The molecule has 2 atom stereocenters. The minimum absolute atomic E-state index is 0.0643. The highest BCUT2D eigenvalue weighted by atomic mass is 35.5. The van der Waals surface area contributed by atoms with Crippen LogP contribution >= 0.6 is 11.6 Å². The van der Waals surface area contributed by atoms with E-state index in [2.05, 4.69) is 26.8 Å². The van der Waals surface area contributed by atoms with E-state index in [4.69, 9.17) is 16.6 Å². The Balaban J connectivity index is 1.69. The highest BCUT2D eigenvalue weighted by molar-refractivity contribution is 6.34. The minimum atomic E-state index is -0.542. The Morgan fingerprint density at radius 3 is 2.69 bits per heavy atom. The number of aromatic nitrogens is 5. The fourth-order valence-corrected chi connectivity index (χ4v) is 6.09. The Labute approximate surface area is 246 Å². The van der Waals surface area contributed by atoms with Crippen molar-refractivity contribution in [3.8, 4) is 16.9 Å². The number of benzene rings is 1. The molecule has 3 aromatic heterocycles. The Morgan fingerprint density at radius 2 is 1.98 bits per heavy atom. The van der Waals surface area contributed by atoms with Gasteiger partial charge in [-0.2, -0.15) is 4.98 Å². The first-order valence-electron chi connectivity index (χ1n) is 13.8. The highest BCUT2D eigenvalue weighted by Crippen LogP contribution is 2.40. The summed E-state index contributed by atoms with van der Waals surface area (Å²) < 4.78 is 16.0. The molecule has 2 bridgehead atoms. The molecule has 2 aliphatic heterocycles. The summed E-state index contributed by atoms with van der Waals surface area (Å²) in [6.45, 7) is 12.8. The number of carbonyl (C=O) groups is 1. The Kier molecular flexibility index (Phi) is 6.92. The average molecular weight is 589 g/mol. The van der Waals surface area contributed by atoms with Crippen LogP contribution in [-0.2, 0) is 4.79 Å². The summed E-state index contributed by atoms with van der Waals surface area (Å²) in [4.78, 5) is 48.9. The van der Waals surface area contributed by atoms with E-state index in [0.717, 1.165) is 0 Å². The number of hydrogen-bond donors (Lipinski definition) is 1. The summed E-state index contributed by atoms with van der Waals surface area (Å²) in [7, 11) is 0. The molecule has 1 unspecified atom stereocenters. The predicted octanol–water partition coefficient (Wildman–Crippen LogP) is 4.86. The first-order valence-corrected chi connectivity index (χ1v) is 14.2. The second-order valence-electron chi connectivity index (χ2n) is 11.0. The molecule has 1 fully saturated rings. The van der Waals surface area contributed by atoms with E-state index in [-0.39, 0.29) is 17.9 Å². The van der Waals surface area contributed by atoms with Crippen LogP contribution in [0.1, 0.15) is 51.0 Å². The molecule has 1 N–H and O–H groups in total. The third-order valence-electron chi connectivity index (χ3n) is 7.86. The maximum Gasteiger partial charge on any atom is 0.355 e. The number of hydrogen-bond acceptors (Lipinski definition) is 8. The van der Waals surface area contributed by atoms with E-state index < -0.39 is 17.5 Å². The lowest BCUT2D eigenvalue weighted by atomic mass is 10.0. The van der Waals surface area contributed by atoms with Crippen molar-refractivity contribution in [2.45, 2.75) is 45.7 Å². The fourth-order valence-electron chi connectivity index (χ4n) is 5.84. The Hall–Kier alpha value is -4.38. The summed E-state index contributed by atoms with van der Waals surface area (Å²) in [6, 6.07) is 5.53. The molecule has 2 aliphatic rings. The molecule has 0 aliphatic carbocycles. The molecule has 0 saturated carbocycles. The van der Waals surface area contributed by atoms with Crippen LogP contribution in [0.5, 0.6) is 0 Å². The smallest absolute Gasteiger partial charge is 0.355 e. The number of anilines is 2. The van der Waals surface area contributed by atoms with Crippen molar-refractivity contribution in [1.82, 2.24) is 29.4 Å². The number of nitrogens with zero attached hydrogens (tertiary/aromatic N) is 7. The van der Waals surface area contributed by atoms with Gasteiger partial charge in [0, 0.05) is 36.9 Å². The van der Waals surface area contributed by atoms with Gasteiger partial charge in [-0.1, -0.05) is 32.0 Å². The molecule has 6 rings (SSSR count). The molecule has 1 saturated heterocycles. The molecule has 216 valence electrons. The van der Waals surface area contributed by atoms with E-state index >= 15 is 0 Å². The van der Waals surface area contributed by atoms with E-state index in [1.807, 2.05) is 32.6 Å². The Morgan fingerprint density at radius 1 is 1.19 bits per heavy atom. The number of amides is 1. The highest BCUT2D eigenvalue weighted by Gasteiger charge is 2.32. The molecule has 4 aromatic rings. The van der Waals surface area contributed by atoms with Gasteiger partial charge in [-0.15, -0.1) is 0 Å². The van der Waals surface area contributed by atoms with E-state index in [1.54, 1.807) is 17.0 Å². The van der Waals surface area contributed by atoms with Crippen molar-refractivity contribution in [1.29, 1.82) is 0 Å². The Bertz CT molecular complexity index is 1820. The standard InChI is InChI=1S/C30H30ClFN8O2/c1-6-23(41)38-9-10-39(16(4)13-38)28-20-12-21(31)26-19-8-7-18(32)11-22(19)35-17(5)25-27(24(15(2)3)33-14-34-25)40(29(20)36-26)30(42)37-28/h6-8,11-12,14-17,35H,1,9-10,13H2,2-5H3/t16-,17?/m0/s1. The van der Waals surface area contributed by atoms with Crippen LogP contribution in [0.4, 0.5) is 15.9 Å². The largest absolute Gasteiger partial charge is 0.376 e. The van der Waals surface area contributed by atoms with Gasteiger partial charge < -0.3 is 15.1 Å². The molecule has 42 heavy (non-hydrogen) atoms. The number of piperazine rings is 1. The summed E-state index contributed by atoms with van der Waals surface area (Å²) >= 11 is 6.90. The lowest BCUT2D eigenvalue weighted by Gasteiger charge is -2.40. The van der Waals surface area contributed by atoms with Crippen molar-refractivity contribution >= 4 is 40.0 Å². The first kappa shape index (κ1) is 27.8. The lowest BCUT2D eigenvalue weighted by molar-refractivity contribution is -0.126. The van der Waals surface area contributed by atoms with Crippen LogP contribution in [0, 0.1) is 5.82 Å². The number of halogens is 2. The van der Waals surface area contributed by atoms with Crippen molar-refractivity contribution in [2.24, 2.45) is 0 Å². The quantitative estimate of drug-likeness (QED) is 0.338. The fraction of sp³-hybridized carbons (Fsp3) is 0.333. The van der Waals surface area contributed by atoms with Crippen molar-refractivity contribution < 1.29 is 9.18 Å². The first-order chi connectivity index (χ1) is 20.1. The molecule has 10 nitrogen and oxygen atoms in total. The molecule has 0 radical (unpaired) electrons. The number of pyridine rings is 1. The molecule has 12 heteroatoms. The zero-order valence-corrected chi connectivity index (χ0v) is 24.5. The summed E-state index contributed by atoms with van der Waals surface area (Å²) in [5.74, 6) is -0.197. The van der Waals surface area contributed by atoms with Gasteiger partial charge in [0.05, 0.1) is 39.2 Å². The number of carbonyl (C=O) groups excluding carboxylic acids is 1. The average Bonchev–Trinajstić information content (AvgIpc) is 2.96. The third kappa shape index (κ3) is 4.48. The van der Waals surface area contributed by atoms with Gasteiger partial charge in [0.25, 0.3) is 0 Å². The van der Waals surface area contributed by atoms with Gasteiger partial charge in [0.2, 0.25) is 5.91 Å². The van der Waals surface area contributed by atoms with Gasteiger partial charge >= 0.3 is 5.69 Å². The van der Waals surface area contributed by atoms with Crippen LogP contribution < -0.4 is 15.9 Å². The van der Waals surface area contributed by atoms with Crippen LogP contribution in [0.15, 0.2) is 48.0 Å². The van der Waals surface area contributed by atoms with Crippen molar-refractivity contribution in [3.63, 3.8) is 0 Å². The normalized spacial score (nSPS) is 18.1. The van der Waals surface area contributed by atoms with Gasteiger partial charge in [0.15, 0.2) is 5.65 Å². The zero-order chi connectivity index (χ0) is 29.9. The van der Waals surface area contributed by atoms with Gasteiger partial charge in [-0.3, -0.25) is 4.79 Å². The number of rotatable bonds is 3. The van der Waals surface area contributed by atoms with Crippen LogP contribution in [-0.4, -0.2) is 61.0 Å². The topological polar surface area (TPSA) is 109 Å². The number of nitrogens with one attached hydrogen (secondary N) is 1. The summed E-state index contributed by atoms with van der Waals surface area (Å²) in [5.41, 5.74) is 2.94.